The summed E-state index contributed by atoms with van der Waals surface area (Å²) < 4.78 is 30.1. The molecule has 0 fully saturated rings. The maximum Gasteiger partial charge on any atom is 0.326 e. The number of anilines is 2. The summed E-state index contributed by atoms with van der Waals surface area (Å²) in [4.78, 5) is 14.2. The highest BCUT2D eigenvalue weighted by molar-refractivity contribution is 5.98. The van der Waals surface area contributed by atoms with Gasteiger partial charge in [-0.15, -0.1) is 5.10 Å². The minimum Gasteiger partial charge on any atom is -0.308 e. The molecule has 0 spiro atoms. The Labute approximate surface area is 160 Å². The first-order valence-corrected chi connectivity index (χ1v) is 8.60. The number of nitrogens with zero attached hydrogens (tertiary/aromatic N) is 5. The molecule has 3 aromatic rings. The number of aryl methyl sites for hydroxylation is 1. The third-order valence-electron chi connectivity index (χ3n) is 3.93. The molecule has 1 aromatic carbocycles. The molecular weight excluding hydrogens is 368 g/mol. The zero-order chi connectivity index (χ0) is 20.3. The minimum absolute atomic E-state index is 0.0898. The topological polar surface area (TPSA) is 80.0 Å². The van der Waals surface area contributed by atoms with Crippen LogP contribution in [-0.2, 0) is 6.54 Å². The SMILES string of the molecule is Cc1cc(NC(=O)Nc2ccn(CCN(C)C)n2)nn1-c1ccc(F)cc1F. The van der Waals surface area contributed by atoms with E-state index in [1.807, 2.05) is 19.0 Å². The third kappa shape index (κ3) is 4.71. The van der Waals surface area contributed by atoms with E-state index in [4.69, 9.17) is 0 Å². The van der Waals surface area contributed by atoms with Crippen molar-refractivity contribution in [3.8, 4) is 5.69 Å². The summed E-state index contributed by atoms with van der Waals surface area (Å²) in [7, 11) is 3.93. The monoisotopic (exact) mass is 389 g/mol. The van der Waals surface area contributed by atoms with E-state index >= 15 is 0 Å². The van der Waals surface area contributed by atoms with E-state index in [9.17, 15) is 13.6 Å². The first kappa shape index (κ1) is 19.5. The van der Waals surface area contributed by atoms with Crippen LogP contribution in [0.2, 0.25) is 0 Å². The van der Waals surface area contributed by atoms with Gasteiger partial charge in [-0.3, -0.25) is 15.3 Å². The maximum atomic E-state index is 14.0. The molecular formula is C18H21F2N7O. The lowest BCUT2D eigenvalue weighted by atomic mass is 10.3. The van der Waals surface area contributed by atoms with Gasteiger partial charge in [0.05, 0.1) is 6.54 Å². The van der Waals surface area contributed by atoms with E-state index in [1.165, 1.54) is 10.7 Å². The zero-order valence-corrected chi connectivity index (χ0v) is 15.8. The van der Waals surface area contributed by atoms with Crippen LogP contribution < -0.4 is 10.6 Å². The number of hydrogen-bond donors (Lipinski definition) is 2. The van der Waals surface area contributed by atoms with Gasteiger partial charge in [-0.2, -0.15) is 5.10 Å². The van der Waals surface area contributed by atoms with Crippen LogP contribution in [0.4, 0.5) is 25.2 Å². The Morgan fingerprint density at radius 1 is 1.11 bits per heavy atom. The second kappa shape index (κ2) is 8.17. The Balaban J connectivity index is 1.65. The Bertz CT molecular complexity index is 980. The molecule has 0 saturated carbocycles. The molecule has 0 unspecified atom stereocenters. The summed E-state index contributed by atoms with van der Waals surface area (Å²) in [5.74, 6) is -0.790. The van der Waals surface area contributed by atoms with Crippen LogP contribution in [0.25, 0.3) is 5.69 Å². The highest BCUT2D eigenvalue weighted by atomic mass is 19.1. The number of rotatable bonds is 6. The van der Waals surface area contributed by atoms with Crippen LogP contribution >= 0.6 is 0 Å². The van der Waals surface area contributed by atoms with E-state index < -0.39 is 17.7 Å². The van der Waals surface area contributed by atoms with Gasteiger partial charge in [-0.1, -0.05) is 0 Å². The van der Waals surface area contributed by atoms with Gasteiger partial charge in [0.25, 0.3) is 0 Å². The molecule has 148 valence electrons. The van der Waals surface area contributed by atoms with Crippen molar-refractivity contribution in [2.24, 2.45) is 0 Å². The van der Waals surface area contributed by atoms with Gasteiger partial charge in [0.2, 0.25) is 0 Å². The summed E-state index contributed by atoms with van der Waals surface area (Å²) in [6.07, 6.45) is 1.77. The Morgan fingerprint density at radius 2 is 1.86 bits per heavy atom. The molecule has 2 amide bonds. The summed E-state index contributed by atoms with van der Waals surface area (Å²) >= 11 is 0. The van der Waals surface area contributed by atoms with Crippen molar-refractivity contribution in [1.29, 1.82) is 0 Å². The number of likely N-dealkylation sites (N-methyl/N-ethyl adjacent to an activating group) is 1. The van der Waals surface area contributed by atoms with E-state index in [2.05, 4.69) is 20.8 Å². The largest absolute Gasteiger partial charge is 0.326 e. The average Bonchev–Trinajstić information content (AvgIpc) is 3.19. The number of benzene rings is 1. The molecule has 0 aliphatic heterocycles. The number of amides is 2. The van der Waals surface area contributed by atoms with E-state index in [0.29, 0.717) is 18.1 Å². The number of carbonyl (C=O) groups is 1. The zero-order valence-electron chi connectivity index (χ0n) is 15.8. The molecule has 2 aromatic heterocycles. The molecule has 0 saturated heterocycles. The maximum absolute atomic E-state index is 14.0. The average molecular weight is 389 g/mol. The molecule has 3 rings (SSSR count). The summed E-state index contributed by atoms with van der Waals surface area (Å²) in [5, 5.41) is 13.6. The van der Waals surface area contributed by atoms with Crippen molar-refractivity contribution in [1.82, 2.24) is 24.5 Å². The van der Waals surface area contributed by atoms with Gasteiger partial charge in [0, 0.05) is 36.6 Å². The first-order chi connectivity index (χ1) is 13.3. The molecule has 2 heterocycles. The van der Waals surface area contributed by atoms with Crippen molar-refractivity contribution < 1.29 is 13.6 Å². The van der Waals surface area contributed by atoms with Gasteiger partial charge in [-0.25, -0.2) is 18.3 Å². The normalized spacial score (nSPS) is 11.1. The van der Waals surface area contributed by atoms with Crippen molar-refractivity contribution >= 4 is 17.7 Å². The number of aromatic nitrogens is 4. The lowest BCUT2D eigenvalue weighted by Crippen LogP contribution is -2.21. The Kier molecular flexibility index (Phi) is 5.69. The van der Waals surface area contributed by atoms with Crippen LogP contribution in [0, 0.1) is 18.6 Å². The van der Waals surface area contributed by atoms with Gasteiger partial charge < -0.3 is 4.90 Å². The summed E-state index contributed by atoms with van der Waals surface area (Å²) in [6.45, 7) is 3.22. The first-order valence-electron chi connectivity index (χ1n) is 8.60. The van der Waals surface area contributed by atoms with Crippen molar-refractivity contribution in [3.63, 3.8) is 0 Å². The van der Waals surface area contributed by atoms with Crippen LogP contribution in [-0.4, -0.2) is 51.1 Å². The van der Waals surface area contributed by atoms with Gasteiger partial charge >= 0.3 is 6.03 Å². The molecule has 28 heavy (non-hydrogen) atoms. The second-order valence-corrected chi connectivity index (χ2v) is 6.52. The predicted octanol–water partition coefficient (Wildman–Crippen LogP) is 2.86. The molecule has 2 N–H and O–H groups in total. The Morgan fingerprint density at radius 3 is 2.57 bits per heavy atom. The highest BCUT2D eigenvalue weighted by Crippen LogP contribution is 2.19. The molecule has 0 aliphatic rings. The van der Waals surface area contributed by atoms with Crippen LogP contribution in [0.1, 0.15) is 5.69 Å². The fourth-order valence-electron chi connectivity index (χ4n) is 2.55. The predicted molar refractivity (Wildman–Crippen MR) is 102 cm³/mol. The van der Waals surface area contributed by atoms with Crippen LogP contribution in [0.15, 0.2) is 36.5 Å². The number of urea groups is 1. The minimum atomic E-state index is -0.745. The lowest BCUT2D eigenvalue weighted by molar-refractivity contribution is 0.262. The molecule has 0 aliphatic carbocycles. The summed E-state index contributed by atoms with van der Waals surface area (Å²) in [6, 6.07) is 5.96. The standard InChI is InChI=1S/C18H21F2N7O/c1-12-10-17(24-27(12)15-5-4-13(19)11-14(15)20)22-18(28)21-16-6-7-26(23-16)9-8-25(2)3/h4-7,10-11H,8-9H2,1-3H3,(H2,21,22,23,24,28). The van der Waals surface area contributed by atoms with Crippen molar-refractivity contribution in [2.75, 3.05) is 31.3 Å². The number of hydrogen-bond acceptors (Lipinski definition) is 4. The smallest absolute Gasteiger partial charge is 0.308 e. The molecule has 0 atom stereocenters. The molecule has 0 bridgehead atoms. The molecule has 8 nitrogen and oxygen atoms in total. The van der Waals surface area contributed by atoms with Gasteiger partial charge in [0.15, 0.2) is 17.5 Å². The molecule has 0 radical (unpaired) electrons. The van der Waals surface area contributed by atoms with Crippen molar-refractivity contribution in [3.05, 3.63) is 53.9 Å². The third-order valence-corrected chi connectivity index (χ3v) is 3.93. The fourth-order valence-corrected chi connectivity index (χ4v) is 2.55. The van der Waals surface area contributed by atoms with Crippen LogP contribution in [0.5, 0.6) is 0 Å². The lowest BCUT2D eigenvalue weighted by Gasteiger charge is -2.08. The fraction of sp³-hybridized carbons (Fsp3) is 0.278. The number of halogens is 2. The highest BCUT2D eigenvalue weighted by Gasteiger charge is 2.13. The number of carbonyl (C=O) groups excluding carboxylic acids is 1. The van der Waals surface area contributed by atoms with E-state index in [0.717, 1.165) is 18.7 Å². The van der Waals surface area contributed by atoms with E-state index in [-0.39, 0.29) is 11.5 Å². The Hall–Kier alpha value is -3.27. The second-order valence-electron chi connectivity index (χ2n) is 6.52. The summed E-state index contributed by atoms with van der Waals surface area (Å²) in [5.41, 5.74) is 0.667. The molecule has 10 heteroatoms. The van der Waals surface area contributed by atoms with Crippen molar-refractivity contribution in [2.45, 2.75) is 13.5 Å². The quantitative estimate of drug-likeness (QED) is 0.679. The van der Waals surface area contributed by atoms with Gasteiger partial charge in [-0.05, 0) is 33.2 Å². The van der Waals surface area contributed by atoms with E-state index in [1.54, 1.807) is 29.9 Å². The number of nitrogens with one attached hydrogen (secondary N) is 2. The van der Waals surface area contributed by atoms with Crippen LogP contribution in [0.3, 0.4) is 0 Å². The van der Waals surface area contributed by atoms with Gasteiger partial charge in [0.1, 0.15) is 11.5 Å².